The number of rotatable bonds is 4. The molecule has 5 heteroatoms. The van der Waals surface area contributed by atoms with E-state index in [1.54, 1.807) is 0 Å². The Balaban J connectivity index is 2.38. The van der Waals surface area contributed by atoms with E-state index in [1.807, 2.05) is 72.4 Å². The van der Waals surface area contributed by atoms with Crippen molar-refractivity contribution in [2.45, 2.75) is 13.0 Å². The van der Waals surface area contributed by atoms with Gasteiger partial charge in [-0.3, -0.25) is 9.69 Å². The van der Waals surface area contributed by atoms with Gasteiger partial charge in [0.2, 0.25) is 0 Å². The van der Waals surface area contributed by atoms with E-state index in [0.29, 0.717) is 0 Å². The standard InChI is InChI=1S/C15H19N3OS/c1-4-17(2)13(12-8-6-5-7-9-12)14(19)16-15-18(3)10-11-20-15/h5-11,13H,4H2,1-3H3. The number of likely N-dealkylation sites (N-methyl/N-ethyl adjacent to an activating group) is 1. The molecular weight excluding hydrogens is 270 g/mol. The highest BCUT2D eigenvalue weighted by Crippen LogP contribution is 2.20. The number of aryl methyl sites for hydroxylation is 1. The van der Waals surface area contributed by atoms with Crippen LogP contribution in [0.15, 0.2) is 46.9 Å². The molecule has 0 fully saturated rings. The van der Waals surface area contributed by atoms with Crippen molar-refractivity contribution in [3.63, 3.8) is 0 Å². The zero-order valence-corrected chi connectivity index (χ0v) is 12.8. The Labute approximate surface area is 123 Å². The van der Waals surface area contributed by atoms with Gasteiger partial charge >= 0.3 is 0 Å². The highest BCUT2D eigenvalue weighted by molar-refractivity contribution is 7.07. The molecule has 0 saturated carbocycles. The van der Waals surface area contributed by atoms with Crippen molar-refractivity contribution < 1.29 is 4.79 Å². The summed E-state index contributed by atoms with van der Waals surface area (Å²) in [6.07, 6.45) is 1.90. The third kappa shape index (κ3) is 3.23. The number of nitrogens with zero attached hydrogens (tertiary/aromatic N) is 3. The van der Waals surface area contributed by atoms with Gasteiger partial charge in [0, 0.05) is 18.6 Å². The zero-order chi connectivity index (χ0) is 14.5. The van der Waals surface area contributed by atoms with Crippen molar-refractivity contribution in [2.24, 2.45) is 12.0 Å². The molecule has 4 nitrogen and oxygen atoms in total. The fourth-order valence-electron chi connectivity index (χ4n) is 1.99. The van der Waals surface area contributed by atoms with Crippen LogP contribution in [0.4, 0.5) is 0 Å². The van der Waals surface area contributed by atoms with Crippen LogP contribution in [0.1, 0.15) is 18.5 Å². The quantitative estimate of drug-likeness (QED) is 0.865. The molecule has 1 heterocycles. The molecule has 1 unspecified atom stereocenters. The molecule has 106 valence electrons. The lowest BCUT2D eigenvalue weighted by Gasteiger charge is -2.24. The number of carbonyl (C=O) groups excluding carboxylic acids is 1. The summed E-state index contributed by atoms with van der Waals surface area (Å²) in [7, 11) is 3.84. The first-order valence-corrected chi connectivity index (χ1v) is 7.45. The lowest BCUT2D eigenvalue weighted by atomic mass is 10.1. The molecule has 20 heavy (non-hydrogen) atoms. The fourth-order valence-corrected chi connectivity index (χ4v) is 2.73. The van der Waals surface area contributed by atoms with Crippen LogP contribution in [0.2, 0.25) is 0 Å². The van der Waals surface area contributed by atoms with Crippen molar-refractivity contribution >= 4 is 17.2 Å². The van der Waals surface area contributed by atoms with E-state index in [1.165, 1.54) is 11.3 Å². The molecule has 1 amide bonds. The molecule has 1 aromatic carbocycles. The predicted octanol–water partition coefficient (Wildman–Crippen LogP) is 2.21. The van der Waals surface area contributed by atoms with Crippen molar-refractivity contribution in [1.82, 2.24) is 9.47 Å². The molecule has 1 aromatic heterocycles. The van der Waals surface area contributed by atoms with Crippen molar-refractivity contribution in [1.29, 1.82) is 0 Å². The van der Waals surface area contributed by atoms with Crippen LogP contribution in [-0.2, 0) is 11.8 Å². The average Bonchev–Trinajstić information content (AvgIpc) is 2.85. The summed E-state index contributed by atoms with van der Waals surface area (Å²) >= 11 is 1.47. The first-order valence-electron chi connectivity index (χ1n) is 6.57. The minimum Gasteiger partial charge on any atom is -0.327 e. The third-order valence-electron chi connectivity index (χ3n) is 3.25. The summed E-state index contributed by atoms with van der Waals surface area (Å²) in [6, 6.07) is 9.46. The highest BCUT2D eigenvalue weighted by atomic mass is 32.1. The number of benzene rings is 1. The normalized spacial score (nSPS) is 13.7. The van der Waals surface area contributed by atoms with E-state index in [-0.39, 0.29) is 11.9 Å². The Kier molecular flexibility index (Phi) is 4.87. The first-order chi connectivity index (χ1) is 9.63. The van der Waals surface area contributed by atoms with Gasteiger partial charge in [-0.1, -0.05) is 37.3 Å². The van der Waals surface area contributed by atoms with E-state index in [0.717, 1.165) is 16.9 Å². The van der Waals surface area contributed by atoms with E-state index in [4.69, 9.17) is 0 Å². The number of hydrogen-bond donors (Lipinski definition) is 0. The molecule has 1 atom stereocenters. The van der Waals surface area contributed by atoms with Crippen LogP contribution in [0.5, 0.6) is 0 Å². The largest absolute Gasteiger partial charge is 0.327 e. The average molecular weight is 289 g/mol. The van der Waals surface area contributed by atoms with Gasteiger partial charge < -0.3 is 4.57 Å². The highest BCUT2D eigenvalue weighted by Gasteiger charge is 2.23. The number of thiazole rings is 1. The minimum absolute atomic E-state index is 0.126. The number of hydrogen-bond acceptors (Lipinski definition) is 3. The van der Waals surface area contributed by atoms with Gasteiger partial charge in [-0.15, -0.1) is 11.3 Å². The number of aromatic nitrogens is 1. The Hall–Kier alpha value is -1.72. The van der Waals surface area contributed by atoms with Gasteiger partial charge in [0.1, 0.15) is 6.04 Å². The van der Waals surface area contributed by atoms with Gasteiger partial charge in [0.25, 0.3) is 5.91 Å². The Morgan fingerprint density at radius 1 is 1.40 bits per heavy atom. The second-order valence-electron chi connectivity index (χ2n) is 4.63. The zero-order valence-electron chi connectivity index (χ0n) is 12.0. The maximum absolute atomic E-state index is 12.5. The Morgan fingerprint density at radius 3 is 2.65 bits per heavy atom. The molecule has 0 N–H and O–H groups in total. The van der Waals surface area contributed by atoms with E-state index in [2.05, 4.69) is 4.99 Å². The molecule has 0 bridgehead atoms. The summed E-state index contributed by atoms with van der Waals surface area (Å²) in [5.41, 5.74) is 0.977. The van der Waals surface area contributed by atoms with Crippen LogP contribution in [0.3, 0.4) is 0 Å². The van der Waals surface area contributed by atoms with Crippen LogP contribution >= 0.6 is 11.3 Å². The fraction of sp³-hybridized carbons (Fsp3) is 0.333. The summed E-state index contributed by atoms with van der Waals surface area (Å²) in [4.78, 5) is 19.5. The van der Waals surface area contributed by atoms with Crippen molar-refractivity contribution in [3.8, 4) is 0 Å². The molecule has 0 spiro atoms. The molecule has 0 aliphatic carbocycles. The van der Waals surface area contributed by atoms with Crippen molar-refractivity contribution in [3.05, 3.63) is 52.3 Å². The van der Waals surface area contributed by atoms with E-state index < -0.39 is 0 Å². The molecule has 0 saturated heterocycles. The number of amides is 1. The molecular formula is C15H19N3OS. The summed E-state index contributed by atoms with van der Waals surface area (Å²) in [5.74, 6) is -0.126. The van der Waals surface area contributed by atoms with Crippen LogP contribution in [0.25, 0.3) is 0 Å². The van der Waals surface area contributed by atoms with E-state index >= 15 is 0 Å². The molecule has 0 aliphatic heterocycles. The second kappa shape index (κ2) is 6.63. The lowest BCUT2D eigenvalue weighted by molar-refractivity contribution is -0.123. The maximum atomic E-state index is 12.5. The summed E-state index contributed by atoms with van der Waals surface area (Å²) in [5, 5.41) is 1.92. The third-order valence-corrected chi connectivity index (χ3v) is 4.10. The van der Waals surface area contributed by atoms with Gasteiger partial charge in [-0.05, 0) is 19.2 Å². The smallest absolute Gasteiger partial charge is 0.270 e. The van der Waals surface area contributed by atoms with Gasteiger partial charge in [0.05, 0.1) is 0 Å². The van der Waals surface area contributed by atoms with Crippen LogP contribution in [-0.4, -0.2) is 29.0 Å². The topological polar surface area (TPSA) is 37.6 Å². The monoisotopic (exact) mass is 289 g/mol. The molecule has 0 aliphatic rings. The van der Waals surface area contributed by atoms with Crippen molar-refractivity contribution in [2.75, 3.05) is 13.6 Å². The second-order valence-corrected chi connectivity index (χ2v) is 5.51. The summed E-state index contributed by atoms with van der Waals surface area (Å²) < 4.78 is 1.86. The Morgan fingerprint density at radius 2 is 2.10 bits per heavy atom. The Bertz CT molecular complexity index is 630. The van der Waals surface area contributed by atoms with E-state index in [9.17, 15) is 4.79 Å². The van der Waals surface area contributed by atoms with Gasteiger partial charge in [-0.2, -0.15) is 4.99 Å². The minimum atomic E-state index is -0.330. The first kappa shape index (κ1) is 14.7. The molecule has 2 aromatic rings. The molecule has 0 radical (unpaired) electrons. The van der Waals surface area contributed by atoms with Gasteiger partial charge in [-0.25, -0.2) is 0 Å². The van der Waals surface area contributed by atoms with Gasteiger partial charge in [0.15, 0.2) is 4.80 Å². The van der Waals surface area contributed by atoms with Crippen LogP contribution in [0, 0.1) is 0 Å². The lowest BCUT2D eigenvalue weighted by Crippen LogP contribution is -2.31. The molecule has 2 rings (SSSR count). The number of carbonyl (C=O) groups is 1. The predicted molar refractivity (Wildman–Crippen MR) is 81.3 cm³/mol. The SMILES string of the molecule is CCN(C)C(C(=O)N=c1sccn1C)c1ccccc1. The summed E-state index contributed by atoms with van der Waals surface area (Å²) in [6.45, 7) is 2.83. The maximum Gasteiger partial charge on any atom is 0.270 e. The van der Waals surface area contributed by atoms with Crippen LogP contribution < -0.4 is 4.80 Å².